The molecule has 0 aliphatic rings. The van der Waals surface area contributed by atoms with Crippen LogP contribution in [0.5, 0.6) is 0 Å². The molecule has 2 aromatic rings. The van der Waals surface area contributed by atoms with Crippen molar-refractivity contribution in [2.45, 2.75) is 6.42 Å². The Balaban J connectivity index is 1.75. The summed E-state index contributed by atoms with van der Waals surface area (Å²) in [4.78, 5) is 24.0. The van der Waals surface area contributed by atoms with Crippen LogP contribution >= 0.6 is 11.3 Å². The molecule has 0 bridgehead atoms. The van der Waals surface area contributed by atoms with Gasteiger partial charge >= 0.3 is 0 Å². The highest BCUT2D eigenvalue weighted by Crippen LogP contribution is 2.08. The minimum atomic E-state index is -0.367. The fraction of sp³-hybridized carbons (Fsp3) is 0.0667. The zero-order chi connectivity index (χ0) is 14.2. The van der Waals surface area contributed by atoms with E-state index in [1.165, 1.54) is 17.4 Å². The second-order valence-electron chi connectivity index (χ2n) is 4.04. The summed E-state index contributed by atoms with van der Waals surface area (Å²) in [5, 5.41) is 1.91. The Bertz CT molecular complexity index is 592. The van der Waals surface area contributed by atoms with Gasteiger partial charge in [-0.05, 0) is 23.1 Å². The van der Waals surface area contributed by atoms with E-state index in [0.29, 0.717) is 0 Å². The lowest BCUT2D eigenvalue weighted by molar-refractivity contribution is -0.126. The first-order valence-electron chi connectivity index (χ1n) is 6.08. The van der Waals surface area contributed by atoms with Crippen LogP contribution in [0.15, 0.2) is 53.9 Å². The van der Waals surface area contributed by atoms with Gasteiger partial charge in [-0.15, -0.1) is 11.3 Å². The number of carbonyl (C=O) groups excluding carboxylic acids is 2. The minimum absolute atomic E-state index is 0.242. The van der Waals surface area contributed by atoms with Crippen LogP contribution in [0.2, 0.25) is 0 Å². The monoisotopic (exact) mass is 286 g/mol. The maximum Gasteiger partial charge on any atom is 0.262 e. The van der Waals surface area contributed by atoms with E-state index in [9.17, 15) is 9.59 Å². The molecule has 102 valence electrons. The molecular formula is C15H14N2O2S. The molecule has 1 heterocycles. The molecule has 0 aliphatic heterocycles. The molecule has 20 heavy (non-hydrogen) atoms. The van der Waals surface area contributed by atoms with Crippen molar-refractivity contribution in [3.05, 3.63) is 64.4 Å². The van der Waals surface area contributed by atoms with Crippen LogP contribution in [-0.2, 0) is 16.0 Å². The lowest BCUT2D eigenvalue weighted by Crippen LogP contribution is -2.41. The van der Waals surface area contributed by atoms with Crippen LogP contribution in [0.25, 0.3) is 6.08 Å². The number of nitrogens with one attached hydrogen (secondary N) is 2. The molecular weight excluding hydrogens is 272 g/mol. The Morgan fingerprint density at radius 2 is 1.85 bits per heavy atom. The number of hydrazine groups is 1. The molecule has 5 heteroatoms. The van der Waals surface area contributed by atoms with Gasteiger partial charge in [0.25, 0.3) is 5.91 Å². The van der Waals surface area contributed by atoms with Crippen molar-refractivity contribution >= 4 is 29.2 Å². The fourth-order valence-corrected chi connectivity index (χ4v) is 2.23. The third kappa shape index (κ3) is 4.70. The Hall–Kier alpha value is -2.40. The van der Waals surface area contributed by atoms with Crippen LogP contribution in [0.1, 0.15) is 10.4 Å². The van der Waals surface area contributed by atoms with E-state index in [0.717, 1.165) is 10.4 Å². The van der Waals surface area contributed by atoms with Gasteiger partial charge in [-0.1, -0.05) is 36.4 Å². The Morgan fingerprint density at radius 3 is 2.55 bits per heavy atom. The van der Waals surface area contributed by atoms with Gasteiger partial charge < -0.3 is 0 Å². The highest BCUT2D eigenvalue weighted by molar-refractivity contribution is 7.10. The van der Waals surface area contributed by atoms with E-state index >= 15 is 0 Å². The predicted octanol–water partition coefficient (Wildman–Crippen LogP) is 2.15. The molecule has 0 unspecified atom stereocenters. The molecule has 0 atom stereocenters. The topological polar surface area (TPSA) is 58.2 Å². The molecule has 0 spiro atoms. The molecule has 0 saturated heterocycles. The third-order valence-electron chi connectivity index (χ3n) is 2.47. The summed E-state index contributed by atoms with van der Waals surface area (Å²) < 4.78 is 0. The van der Waals surface area contributed by atoms with E-state index in [-0.39, 0.29) is 18.2 Å². The molecule has 0 saturated carbocycles. The Kier molecular flexibility index (Phi) is 5.08. The molecule has 2 rings (SSSR count). The number of carbonyl (C=O) groups is 2. The van der Waals surface area contributed by atoms with Crippen molar-refractivity contribution in [3.63, 3.8) is 0 Å². The van der Waals surface area contributed by atoms with Crippen LogP contribution in [0.4, 0.5) is 0 Å². The maximum absolute atomic E-state index is 11.5. The van der Waals surface area contributed by atoms with E-state index in [1.54, 1.807) is 6.08 Å². The summed E-state index contributed by atoms with van der Waals surface area (Å²) in [6, 6.07) is 13.2. The first kappa shape index (κ1) is 14.0. The van der Waals surface area contributed by atoms with E-state index in [4.69, 9.17) is 0 Å². The number of hydrogen-bond acceptors (Lipinski definition) is 3. The number of benzene rings is 1. The zero-order valence-corrected chi connectivity index (χ0v) is 11.5. The highest BCUT2D eigenvalue weighted by Gasteiger charge is 2.04. The average Bonchev–Trinajstić information content (AvgIpc) is 2.97. The van der Waals surface area contributed by atoms with Crippen LogP contribution in [0.3, 0.4) is 0 Å². The van der Waals surface area contributed by atoms with Gasteiger partial charge in [-0.3, -0.25) is 20.4 Å². The van der Waals surface area contributed by atoms with E-state index in [1.807, 2.05) is 47.8 Å². The number of hydrogen-bond donors (Lipinski definition) is 2. The van der Waals surface area contributed by atoms with Crippen molar-refractivity contribution in [2.24, 2.45) is 0 Å². The van der Waals surface area contributed by atoms with Crippen molar-refractivity contribution in [1.29, 1.82) is 0 Å². The van der Waals surface area contributed by atoms with Crippen LogP contribution in [-0.4, -0.2) is 11.8 Å². The number of rotatable bonds is 4. The fourth-order valence-electron chi connectivity index (χ4n) is 1.52. The molecule has 2 N–H and O–H groups in total. The van der Waals surface area contributed by atoms with Gasteiger partial charge in [0.2, 0.25) is 5.91 Å². The molecule has 2 amide bonds. The van der Waals surface area contributed by atoms with Gasteiger partial charge in [-0.25, -0.2) is 0 Å². The largest absolute Gasteiger partial charge is 0.273 e. The van der Waals surface area contributed by atoms with Crippen LogP contribution < -0.4 is 10.9 Å². The summed E-state index contributed by atoms with van der Waals surface area (Å²) in [6.07, 6.45) is 3.32. The lowest BCUT2D eigenvalue weighted by Gasteiger charge is -2.03. The van der Waals surface area contributed by atoms with Crippen molar-refractivity contribution in [3.8, 4) is 0 Å². The summed E-state index contributed by atoms with van der Waals surface area (Å²) in [6.45, 7) is 0. The number of thiophene rings is 1. The molecule has 1 aromatic carbocycles. The first-order valence-corrected chi connectivity index (χ1v) is 6.96. The second kappa shape index (κ2) is 7.25. The summed E-state index contributed by atoms with van der Waals surface area (Å²) >= 11 is 1.51. The standard InChI is InChI=1S/C15H14N2O2S/c18-14(9-8-12-5-2-1-3-6-12)16-17-15(19)11-13-7-4-10-20-13/h1-10H,11H2,(H,16,18)(H,17,19). The van der Waals surface area contributed by atoms with Crippen LogP contribution in [0, 0.1) is 0 Å². The van der Waals surface area contributed by atoms with Crippen molar-refractivity contribution in [1.82, 2.24) is 10.9 Å². The van der Waals surface area contributed by atoms with Gasteiger partial charge in [0.1, 0.15) is 0 Å². The van der Waals surface area contributed by atoms with Crippen molar-refractivity contribution < 1.29 is 9.59 Å². The Labute approximate surface area is 121 Å². The molecule has 1 aromatic heterocycles. The second-order valence-corrected chi connectivity index (χ2v) is 5.07. The lowest BCUT2D eigenvalue weighted by atomic mass is 10.2. The van der Waals surface area contributed by atoms with Gasteiger partial charge in [0.05, 0.1) is 6.42 Å². The molecule has 0 aliphatic carbocycles. The van der Waals surface area contributed by atoms with E-state index in [2.05, 4.69) is 10.9 Å². The minimum Gasteiger partial charge on any atom is -0.273 e. The van der Waals surface area contributed by atoms with Gasteiger partial charge in [0, 0.05) is 11.0 Å². The predicted molar refractivity (Wildman–Crippen MR) is 79.8 cm³/mol. The Morgan fingerprint density at radius 1 is 1.05 bits per heavy atom. The highest BCUT2D eigenvalue weighted by atomic mass is 32.1. The normalized spacial score (nSPS) is 10.4. The van der Waals surface area contributed by atoms with E-state index < -0.39 is 0 Å². The zero-order valence-electron chi connectivity index (χ0n) is 10.7. The summed E-state index contributed by atoms with van der Waals surface area (Å²) in [7, 11) is 0. The molecule has 0 fully saturated rings. The average molecular weight is 286 g/mol. The smallest absolute Gasteiger partial charge is 0.262 e. The summed E-state index contributed by atoms with van der Waals surface area (Å²) in [5.41, 5.74) is 5.64. The summed E-state index contributed by atoms with van der Waals surface area (Å²) in [5.74, 6) is -0.609. The first-order chi connectivity index (χ1) is 9.74. The van der Waals surface area contributed by atoms with Gasteiger partial charge in [0.15, 0.2) is 0 Å². The SMILES string of the molecule is O=C(C=Cc1ccccc1)NNC(=O)Cc1cccs1. The third-order valence-corrected chi connectivity index (χ3v) is 3.34. The maximum atomic E-state index is 11.5. The quantitative estimate of drug-likeness (QED) is 0.668. The molecule has 0 radical (unpaired) electrons. The number of amides is 2. The van der Waals surface area contributed by atoms with Gasteiger partial charge in [-0.2, -0.15) is 0 Å². The van der Waals surface area contributed by atoms with Crippen molar-refractivity contribution in [2.75, 3.05) is 0 Å². The molecule has 4 nitrogen and oxygen atoms in total.